The molecule has 1 aromatic heterocycles. The molecule has 1 aliphatic heterocycles. The molecule has 8 nitrogen and oxygen atoms in total. The second-order valence-corrected chi connectivity index (χ2v) is 11.4. The van der Waals surface area contributed by atoms with Crippen molar-refractivity contribution in [3.63, 3.8) is 0 Å². The number of hydrogen-bond donors (Lipinski definition) is 2. The van der Waals surface area contributed by atoms with Gasteiger partial charge in [-0.15, -0.1) is 11.3 Å². The van der Waals surface area contributed by atoms with Crippen LogP contribution in [0.4, 0.5) is 5.69 Å². The normalized spacial score (nSPS) is 20.7. The average Bonchev–Trinajstić information content (AvgIpc) is 3.28. The SMILES string of the molecule is C[C@@H]1CN([C@@H](C)CO)C(=O)Cc2cc(NS(=O)(=O)c3cccs3)ccc2O[C@H]1CN(C)C. The number of aliphatic hydroxyl groups excluding tert-OH is 1. The molecule has 2 aromatic rings. The number of carbonyl (C=O) groups excluding carboxylic acids is 1. The Balaban J connectivity index is 1.97. The number of aliphatic hydroxyl groups is 1. The molecule has 2 heterocycles. The molecule has 1 aliphatic rings. The fourth-order valence-electron chi connectivity index (χ4n) is 3.69. The summed E-state index contributed by atoms with van der Waals surface area (Å²) in [6.45, 7) is 4.84. The van der Waals surface area contributed by atoms with Gasteiger partial charge in [-0.3, -0.25) is 9.52 Å². The number of rotatable bonds is 7. The molecule has 176 valence electrons. The molecule has 1 aromatic carbocycles. The van der Waals surface area contributed by atoms with Gasteiger partial charge in [0.2, 0.25) is 5.91 Å². The first-order valence-corrected chi connectivity index (χ1v) is 12.9. The van der Waals surface area contributed by atoms with E-state index in [2.05, 4.69) is 4.72 Å². The van der Waals surface area contributed by atoms with Crippen molar-refractivity contribution in [3.05, 3.63) is 41.3 Å². The molecule has 10 heteroatoms. The molecule has 0 saturated carbocycles. The van der Waals surface area contributed by atoms with Crippen molar-refractivity contribution < 1.29 is 23.1 Å². The average molecular weight is 482 g/mol. The van der Waals surface area contributed by atoms with Crippen LogP contribution in [0, 0.1) is 5.92 Å². The van der Waals surface area contributed by atoms with Crippen molar-refractivity contribution in [2.24, 2.45) is 5.92 Å². The molecule has 0 bridgehead atoms. The molecule has 0 spiro atoms. The monoisotopic (exact) mass is 481 g/mol. The lowest BCUT2D eigenvalue weighted by atomic mass is 10.0. The number of hydrogen-bond acceptors (Lipinski definition) is 7. The molecule has 2 N–H and O–H groups in total. The maximum atomic E-state index is 13.2. The number of nitrogens with one attached hydrogen (secondary N) is 1. The first-order valence-electron chi connectivity index (χ1n) is 10.5. The van der Waals surface area contributed by atoms with E-state index in [0.29, 0.717) is 30.1 Å². The van der Waals surface area contributed by atoms with Crippen molar-refractivity contribution in [1.29, 1.82) is 0 Å². The molecule has 0 radical (unpaired) electrons. The Morgan fingerprint density at radius 3 is 2.72 bits per heavy atom. The van der Waals surface area contributed by atoms with Crippen LogP contribution >= 0.6 is 11.3 Å². The van der Waals surface area contributed by atoms with Gasteiger partial charge in [-0.25, -0.2) is 8.42 Å². The number of anilines is 1. The number of benzene rings is 1. The Morgan fingerprint density at radius 2 is 2.09 bits per heavy atom. The van der Waals surface area contributed by atoms with Gasteiger partial charge in [-0.2, -0.15) is 0 Å². The Morgan fingerprint density at radius 1 is 1.34 bits per heavy atom. The van der Waals surface area contributed by atoms with Crippen molar-refractivity contribution in [2.45, 2.75) is 36.6 Å². The van der Waals surface area contributed by atoms with Gasteiger partial charge in [-0.1, -0.05) is 13.0 Å². The topological polar surface area (TPSA) is 99.2 Å². The predicted octanol–water partition coefficient (Wildman–Crippen LogP) is 2.26. The lowest BCUT2D eigenvalue weighted by molar-refractivity contribution is -0.134. The summed E-state index contributed by atoms with van der Waals surface area (Å²) in [7, 11) is 0.223. The summed E-state index contributed by atoms with van der Waals surface area (Å²) in [6.07, 6.45) is -0.132. The molecule has 1 amide bonds. The summed E-state index contributed by atoms with van der Waals surface area (Å²) in [5, 5.41) is 11.4. The van der Waals surface area contributed by atoms with Crippen molar-refractivity contribution >= 4 is 33.0 Å². The van der Waals surface area contributed by atoms with Gasteiger partial charge < -0.3 is 19.6 Å². The number of carbonyl (C=O) groups is 1. The van der Waals surface area contributed by atoms with E-state index in [1.165, 1.54) is 0 Å². The van der Waals surface area contributed by atoms with Gasteiger partial charge in [0.25, 0.3) is 10.0 Å². The summed E-state index contributed by atoms with van der Waals surface area (Å²) in [5.41, 5.74) is 0.973. The summed E-state index contributed by atoms with van der Waals surface area (Å²) < 4.78 is 34.4. The summed E-state index contributed by atoms with van der Waals surface area (Å²) in [4.78, 5) is 16.9. The van der Waals surface area contributed by atoms with E-state index >= 15 is 0 Å². The lowest BCUT2D eigenvalue weighted by Gasteiger charge is -2.33. The lowest BCUT2D eigenvalue weighted by Crippen LogP contribution is -2.47. The van der Waals surface area contributed by atoms with Gasteiger partial charge in [-0.05, 0) is 50.7 Å². The van der Waals surface area contributed by atoms with E-state index in [9.17, 15) is 18.3 Å². The van der Waals surface area contributed by atoms with Crippen molar-refractivity contribution in [2.75, 3.05) is 38.5 Å². The van der Waals surface area contributed by atoms with E-state index in [4.69, 9.17) is 4.74 Å². The van der Waals surface area contributed by atoms with Crippen LogP contribution in [0.25, 0.3) is 0 Å². The number of sulfonamides is 1. The molecule has 3 atom stereocenters. The van der Waals surface area contributed by atoms with E-state index in [1.807, 2.05) is 32.8 Å². The standard InChI is InChI=1S/C22H31N3O5S2/c1-15-12-25(16(2)14-26)21(27)11-17-10-18(23-32(28,29)22-6-5-9-31-22)7-8-19(17)30-20(15)13-24(3)4/h5-10,15-16,20,23,26H,11-14H2,1-4H3/t15-,16+,20+/m1/s1. The minimum Gasteiger partial charge on any atom is -0.488 e. The molecule has 0 aliphatic carbocycles. The van der Waals surface area contributed by atoms with Crippen LogP contribution in [0.1, 0.15) is 19.4 Å². The molecule has 0 saturated heterocycles. The highest BCUT2D eigenvalue weighted by molar-refractivity contribution is 7.94. The van der Waals surface area contributed by atoms with Crippen LogP contribution in [0.2, 0.25) is 0 Å². The number of amides is 1. The number of fused-ring (bicyclic) bond motifs is 1. The van der Waals surface area contributed by atoms with Crippen molar-refractivity contribution in [3.8, 4) is 5.75 Å². The first-order chi connectivity index (χ1) is 15.1. The molecular weight excluding hydrogens is 450 g/mol. The molecule has 32 heavy (non-hydrogen) atoms. The van der Waals surface area contributed by atoms with Gasteiger partial charge in [0, 0.05) is 30.3 Å². The van der Waals surface area contributed by atoms with E-state index < -0.39 is 10.0 Å². The predicted molar refractivity (Wildman–Crippen MR) is 126 cm³/mol. The zero-order valence-electron chi connectivity index (χ0n) is 18.8. The third-order valence-electron chi connectivity index (χ3n) is 5.47. The van der Waals surface area contributed by atoms with E-state index in [1.54, 1.807) is 40.6 Å². The third-order valence-corrected chi connectivity index (χ3v) is 8.25. The maximum Gasteiger partial charge on any atom is 0.271 e. The van der Waals surface area contributed by atoms with Gasteiger partial charge in [0.15, 0.2) is 0 Å². The number of nitrogens with zero attached hydrogens (tertiary/aromatic N) is 2. The number of thiophene rings is 1. The van der Waals surface area contributed by atoms with Crippen LogP contribution in [0.5, 0.6) is 5.75 Å². The number of ether oxygens (including phenoxy) is 1. The number of likely N-dealkylation sites (N-methyl/N-ethyl adjacent to an activating group) is 1. The van der Waals surface area contributed by atoms with E-state index in [-0.39, 0.29) is 41.2 Å². The van der Waals surface area contributed by atoms with Gasteiger partial charge in [0.05, 0.1) is 19.1 Å². The molecule has 3 rings (SSSR count). The Kier molecular flexibility index (Phi) is 7.81. The fourth-order valence-corrected chi connectivity index (χ4v) is 5.74. The Bertz CT molecular complexity index is 1020. The summed E-state index contributed by atoms with van der Waals surface area (Å²) >= 11 is 1.14. The minimum absolute atomic E-state index is 0.0262. The second-order valence-electron chi connectivity index (χ2n) is 8.51. The van der Waals surface area contributed by atoms with Crippen LogP contribution in [-0.4, -0.2) is 75.2 Å². The van der Waals surface area contributed by atoms with Crippen LogP contribution in [0.15, 0.2) is 39.9 Å². The second kappa shape index (κ2) is 10.2. The summed E-state index contributed by atoms with van der Waals surface area (Å²) in [5.74, 6) is 0.458. The fraction of sp³-hybridized carbons (Fsp3) is 0.500. The molecule has 0 unspecified atom stereocenters. The zero-order valence-corrected chi connectivity index (χ0v) is 20.4. The quantitative estimate of drug-likeness (QED) is 0.629. The zero-order chi connectivity index (χ0) is 23.5. The van der Waals surface area contributed by atoms with Crippen LogP contribution in [0.3, 0.4) is 0 Å². The molecular formula is C22H31N3O5S2. The highest BCUT2D eigenvalue weighted by Gasteiger charge is 2.31. The third kappa shape index (κ3) is 5.80. The molecule has 0 fully saturated rings. The van der Waals surface area contributed by atoms with Gasteiger partial charge >= 0.3 is 0 Å². The largest absolute Gasteiger partial charge is 0.488 e. The van der Waals surface area contributed by atoms with Crippen molar-refractivity contribution in [1.82, 2.24) is 9.80 Å². The Labute approximate surface area is 193 Å². The minimum atomic E-state index is -3.70. The van der Waals surface area contributed by atoms with Crippen LogP contribution < -0.4 is 9.46 Å². The summed E-state index contributed by atoms with van der Waals surface area (Å²) in [6, 6.07) is 7.92. The highest BCUT2D eigenvalue weighted by Crippen LogP contribution is 2.30. The van der Waals surface area contributed by atoms with E-state index in [0.717, 1.165) is 11.3 Å². The van der Waals surface area contributed by atoms with Gasteiger partial charge in [0.1, 0.15) is 16.1 Å². The maximum absolute atomic E-state index is 13.2. The first kappa shape index (κ1) is 24.5. The highest BCUT2D eigenvalue weighted by atomic mass is 32.2. The Hall–Kier alpha value is -2.14. The van der Waals surface area contributed by atoms with Crippen LogP contribution in [-0.2, 0) is 21.2 Å². The smallest absolute Gasteiger partial charge is 0.271 e.